The average molecular weight is 200 g/mol. The number of ether oxygens (including phenoxy) is 2. The molecule has 14 heavy (non-hydrogen) atoms. The topological polar surface area (TPSA) is 18.5 Å². The Balaban J connectivity index is 3.73. The van der Waals surface area contributed by atoms with E-state index in [9.17, 15) is 0 Å². The van der Waals surface area contributed by atoms with Gasteiger partial charge >= 0.3 is 0 Å². The van der Waals surface area contributed by atoms with Crippen molar-refractivity contribution in [3.05, 3.63) is 0 Å². The van der Waals surface area contributed by atoms with Crippen molar-refractivity contribution in [2.24, 2.45) is 0 Å². The molecular weight excluding hydrogens is 175 g/mol. The van der Waals surface area contributed by atoms with Crippen LogP contribution in [0.2, 0.25) is 6.32 Å². The second-order valence-corrected chi connectivity index (χ2v) is 5.07. The fourth-order valence-corrected chi connectivity index (χ4v) is 1.35. The molecule has 0 aliphatic heterocycles. The van der Waals surface area contributed by atoms with Crippen LogP contribution in [0.25, 0.3) is 0 Å². The maximum Gasteiger partial charge on any atom is 0.101 e. The summed E-state index contributed by atoms with van der Waals surface area (Å²) in [5.74, 6) is 0. The summed E-state index contributed by atoms with van der Waals surface area (Å²) in [6.07, 6.45) is 3.22. The lowest BCUT2D eigenvalue weighted by atomic mass is 9.92. The number of hydrogen-bond donors (Lipinski definition) is 0. The predicted octanol–water partition coefficient (Wildman–Crippen LogP) is 2.04. The third-order valence-corrected chi connectivity index (χ3v) is 2.60. The standard InChI is InChI=1S/C11H25BO2/c1-10(2,13-5)7-9-14-11(3,4)6-8-12/h6-9,12H2,1-5H3. The van der Waals surface area contributed by atoms with Gasteiger partial charge in [0.15, 0.2) is 0 Å². The minimum atomic E-state index is -0.0672. The zero-order valence-corrected chi connectivity index (χ0v) is 10.6. The molecule has 0 radical (unpaired) electrons. The normalized spacial score (nSPS) is 13.2. The Hall–Kier alpha value is -0.0151. The number of methoxy groups -OCH3 is 1. The molecule has 0 aromatic heterocycles. The highest BCUT2D eigenvalue weighted by Gasteiger charge is 2.20. The van der Waals surface area contributed by atoms with Gasteiger partial charge in [0.2, 0.25) is 0 Å². The Kier molecular flexibility index (Phi) is 5.76. The van der Waals surface area contributed by atoms with Gasteiger partial charge in [-0.15, -0.1) is 0 Å². The van der Waals surface area contributed by atoms with Gasteiger partial charge in [0.05, 0.1) is 17.8 Å². The van der Waals surface area contributed by atoms with Crippen molar-refractivity contribution in [3.63, 3.8) is 0 Å². The van der Waals surface area contributed by atoms with Gasteiger partial charge in [-0.1, -0.05) is 6.32 Å². The van der Waals surface area contributed by atoms with Crippen LogP contribution in [0.1, 0.15) is 40.5 Å². The average Bonchev–Trinajstić information content (AvgIpc) is 2.03. The van der Waals surface area contributed by atoms with Gasteiger partial charge in [0.1, 0.15) is 7.85 Å². The molecule has 0 spiro atoms. The molecule has 0 bridgehead atoms. The van der Waals surface area contributed by atoms with E-state index >= 15 is 0 Å². The molecule has 0 aliphatic carbocycles. The van der Waals surface area contributed by atoms with E-state index < -0.39 is 0 Å². The van der Waals surface area contributed by atoms with Crippen LogP contribution in [0.4, 0.5) is 0 Å². The maximum absolute atomic E-state index is 5.83. The van der Waals surface area contributed by atoms with E-state index in [-0.39, 0.29) is 11.2 Å². The first-order valence-electron chi connectivity index (χ1n) is 5.52. The molecular formula is C11H25BO2. The van der Waals surface area contributed by atoms with E-state index in [1.807, 2.05) is 0 Å². The molecule has 0 heterocycles. The lowest BCUT2D eigenvalue weighted by molar-refractivity contribution is -0.0590. The summed E-state index contributed by atoms with van der Waals surface area (Å²) in [6.45, 7) is 9.24. The van der Waals surface area contributed by atoms with Crippen LogP contribution >= 0.6 is 0 Å². The molecule has 0 aromatic carbocycles. The van der Waals surface area contributed by atoms with Crippen LogP contribution in [-0.2, 0) is 9.47 Å². The number of hydrogen-bond acceptors (Lipinski definition) is 2. The molecule has 0 amide bonds. The van der Waals surface area contributed by atoms with E-state index in [1.54, 1.807) is 7.11 Å². The molecule has 2 nitrogen and oxygen atoms in total. The van der Waals surface area contributed by atoms with E-state index in [2.05, 4.69) is 35.5 Å². The fourth-order valence-electron chi connectivity index (χ4n) is 1.35. The van der Waals surface area contributed by atoms with Crippen molar-refractivity contribution in [3.8, 4) is 0 Å². The summed E-state index contributed by atoms with van der Waals surface area (Å²) in [4.78, 5) is 0. The van der Waals surface area contributed by atoms with E-state index in [0.717, 1.165) is 19.4 Å². The predicted molar refractivity (Wildman–Crippen MR) is 63.7 cm³/mol. The Morgan fingerprint density at radius 1 is 1.00 bits per heavy atom. The first-order valence-corrected chi connectivity index (χ1v) is 5.52. The summed E-state index contributed by atoms with van der Waals surface area (Å²) >= 11 is 0. The molecule has 0 saturated carbocycles. The van der Waals surface area contributed by atoms with Crippen LogP contribution in [0.3, 0.4) is 0 Å². The summed E-state index contributed by atoms with van der Waals surface area (Å²) in [6, 6.07) is 0. The first kappa shape index (κ1) is 14.0. The summed E-state index contributed by atoms with van der Waals surface area (Å²) in [5, 5.41) is 0. The molecule has 0 N–H and O–H groups in total. The van der Waals surface area contributed by atoms with Gasteiger partial charge in [0.25, 0.3) is 0 Å². The highest BCUT2D eigenvalue weighted by atomic mass is 16.5. The van der Waals surface area contributed by atoms with Crippen molar-refractivity contribution in [1.82, 2.24) is 0 Å². The van der Waals surface area contributed by atoms with Gasteiger partial charge < -0.3 is 9.47 Å². The van der Waals surface area contributed by atoms with Crippen LogP contribution in [-0.4, -0.2) is 32.8 Å². The van der Waals surface area contributed by atoms with Crippen molar-refractivity contribution in [2.75, 3.05) is 13.7 Å². The van der Waals surface area contributed by atoms with E-state index in [4.69, 9.17) is 9.47 Å². The Morgan fingerprint density at radius 3 is 2.00 bits per heavy atom. The second-order valence-electron chi connectivity index (χ2n) is 5.07. The zero-order valence-electron chi connectivity index (χ0n) is 10.6. The molecule has 0 aromatic rings. The van der Waals surface area contributed by atoms with Crippen LogP contribution in [0, 0.1) is 0 Å². The fraction of sp³-hybridized carbons (Fsp3) is 1.00. The molecule has 0 aliphatic rings. The van der Waals surface area contributed by atoms with Crippen LogP contribution < -0.4 is 0 Å². The lowest BCUT2D eigenvalue weighted by Gasteiger charge is -2.28. The van der Waals surface area contributed by atoms with Crippen molar-refractivity contribution < 1.29 is 9.47 Å². The van der Waals surface area contributed by atoms with Gasteiger partial charge in [-0.2, -0.15) is 0 Å². The highest BCUT2D eigenvalue weighted by molar-refractivity contribution is 6.08. The van der Waals surface area contributed by atoms with Gasteiger partial charge in [-0.3, -0.25) is 0 Å². The van der Waals surface area contributed by atoms with E-state index in [0.29, 0.717) is 0 Å². The summed E-state index contributed by atoms with van der Waals surface area (Å²) in [7, 11) is 3.93. The van der Waals surface area contributed by atoms with Crippen molar-refractivity contribution in [2.45, 2.75) is 58.1 Å². The minimum Gasteiger partial charge on any atom is -0.379 e. The van der Waals surface area contributed by atoms with Gasteiger partial charge in [-0.25, -0.2) is 0 Å². The molecule has 3 heteroatoms. The Morgan fingerprint density at radius 2 is 1.57 bits per heavy atom. The maximum atomic E-state index is 5.83. The van der Waals surface area contributed by atoms with Crippen LogP contribution in [0.15, 0.2) is 0 Å². The highest BCUT2D eigenvalue weighted by Crippen LogP contribution is 2.19. The second kappa shape index (κ2) is 5.77. The van der Waals surface area contributed by atoms with Gasteiger partial charge in [0, 0.05) is 7.11 Å². The Bertz CT molecular complexity index is 155. The minimum absolute atomic E-state index is 0.0125. The lowest BCUT2D eigenvalue weighted by Crippen LogP contribution is -2.29. The quantitative estimate of drug-likeness (QED) is 0.585. The molecule has 0 saturated heterocycles. The van der Waals surface area contributed by atoms with Gasteiger partial charge in [-0.05, 0) is 40.5 Å². The molecule has 0 fully saturated rings. The summed E-state index contributed by atoms with van der Waals surface area (Å²) in [5.41, 5.74) is -0.0547. The smallest absolute Gasteiger partial charge is 0.101 e. The molecule has 0 unspecified atom stereocenters. The molecule has 0 rings (SSSR count). The SMILES string of the molecule is BCCC(C)(C)OCCC(C)(C)OC. The molecule has 0 atom stereocenters. The van der Waals surface area contributed by atoms with E-state index in [1.165, 1.54) is 6.32 Å². The number of rotatable bonds is 7. The summed E-state index contributed by atoms with van der Waals surface area (Å²) < 4.78 is 11.2. The van der Waals surface area contributed by atoms with Crippen LogP contribution in [0.5, 0.6) is 0 Å². The molecule has 84 valence electrons. The zero-order chi connectivity index (χ0) is 11.2. The third-order valence-electron chi connectivity index (χ3n) is 2.60. The van der Waals surface area contributed by atoms with Crippen molar-refractivity contribution >= 4 is 7.85 Å². The monoisotopic (exact) mass is 200 g/mol. The first-order chi connectivity index (χ1) is 6.33. The Labute approximate surface area is 89.8 Å². The third kappa shape index (κ3) is 6.44. The largest absolute Gasteiger partial charge is 0.379 e. The van der Waals surface area contributed by atoms with Crippen molar-refractivity contribution in [1.29, 1.82) is 0 Å².